The molecule has 0 unspecified atom stereocenters. The normalized spacial score (nSPS) is 15.9. The number of carbonyl (C=O) groups is 1. The number of amides is 1. The number of sulfonamides is 1. The van der Waals surface area contributed by atoms with Gasteiger partial charge in [-0.25, -0.2) is 8.42 Å². The highest BCUT2D eigenvalue weighted by Crippen LogP contribution is 2.24. The molecule has 2 heterocycles. The van der Waals surface area contributed by atoms with Crippen LogP contribution in [0, 0.1) is 0 Å². The van der Waals surface area contributed by atoms with E-state index in [0.29, 0.717) is 25.3 Å². The lowest BCUT2D eigenvalue weighted by Crippen LogP contribution is -2.41. The summed E-state index contributed by atoms with van der Waals surface area (Å²) in [4.78, 5) is 15.2. The van der Waals surface area contributed by atoms with Gasteiger partial charge < -0.3 is 14.6 Å². The quantitative estimate of drug-likeness (QED) is 0.693. The third-order valence-electron chi connectivity index (χ3n) is 5.41. The van der Waals surface area contributed by atoms with Gasteiger partial charge in [0, 0.05) is 57.2 Å². The first-order valence-electron chi connectivity index (χ1n) is 10.1. The lowest BCUT2D eigenvalue weighted by Gasteiger charge is -2.26. The Kier molecular flexibility index (Phi) is 6.94. The van der Waals surface area contributed by atoms with Crippen molar-refractivity contribution >= 4 is 26.8 Å². The van der Waals surface area contributed by atoms with Crippen LogP contribution in [-0.4, -0.2) is 80.6 Å². The smallest absolute Gasteiger partial charge is 0.267 e. The molecular weight excluding hydrogens is 392 g/mol. The number of aryl methyl sites for hydroxylation is 1. The van der Waals surface area contributed by atoms with Crippen LogP contribution in [0.15, 0.2) is 29.2 Å². The topological polar surface area (TPSA) is 83.9 Å². The minimum atomic E-state index is -3.54. The number of fused-ring (bicyclic) bond motifs is 1. The van der Waals surface area contributed by atoms with E-state index in [4.69, 9.17) is 4.74 Å². The van der Waals surface area contributed by atoms with Gasteiger partial charge in [0.2, 0.25) is 10.0 Å². The molecule has 3 rings (SSSR count). The van der Waals surface area contributed by atoms with E-state index >= 15 is 0 Å². The van der Waals surface area contributed by atoms with Crippen LogP contribution in [0.3, 0.4) is 0 Å². The summed E-state index contributed by atoms with van der Waals surface area (Å²) in [7, 11) is -1.72. The number of benzene rings is 1. The van der Waals surface area contributed by atoms with Gasteiger partial charge in [-0.2, -0.15) is 4.31 Å². The van der Waals surface area contributed by atoms with Crippen LogP contribution in [0.5, 0.6) is 0 Å². The molecule has 1 amide bonds. The molecule has 0 atom stereocenters. The number of rotatable bonds is 8. The van der Waals surface area contributed by atoms with Crippen molar-refractivity contribution in [3.8, 4) is 0 Å². The van der Waals surface area contributed by atoms with Crippen molar-refractivity contribution in [2.75, 3.05) is 52.5 Å². The first-order chi connectivity index (χ1) is 13.9. The van der Waals surface area contributed by atoms with Crippen molar-refractivity contribution in [3.05, 3.63) is 30.0 Å². The van der Waals surface area contributed by atoms with E-state index in [0.717, 1.165) is 43.8 Å². The average molecular weight is 423 g/mol. The van der Waals surface area contributed by atoms with Gasteiger partial charge in [0.1, 0.15) is 5.69 Å². The van der Waals surface area contributed by atoms with E-state index in [-0.39, 0.29) is 10.8 Å². The Labute approximate surface area is 172 Å². The maximum Gasteiger partial charge on any atom is 0.267 e. The summed E-state index contributed by atoms with van der Waals surface area (Å²) >= 11 is 0. The molecule has 0 bridgehead atoms. The molecular formula is C20H30N4O4S. The number of aromatic nitrogens is 1. The van der Waals surface area contributed by atoms with Crippen LogP contribution in [0.1, 0.15) is 24.3 Å². The third-order valence-corrected chi connectivity index (χ3v) is 7.45. The zero-order chi connectivity index (χ0) is 21.0. The Morgan fingerprint density at radius 2 is 1.86 bits per heavy atom. The molecule has 1 N–H and O–H groups in total. The van der Waals surface area contributed by atoms with Gasteiger partial charge in [-0.05, 0) is 24.3 Å². The van der Waals surface area contributed by atoms with Crippen molar-refractivity contribution in [2.45, 2.75) is 18.7 Å². The molecule has 1 aliphatic rings. The minimum absolute atomic E-state index is 0.162. The van der Waals surface area contributed by atoms with Crippen LogP contribution < -0.4 is 5.32 Å². The number of nitrogens with one attached hydrogen (secondary N) is 1. The number of ether oxygens (including phenoxy) is 1. The minimum Gasteiger partial charge on any atom is -0.379 e. The van der Waals surface area contributed by atoms with E-state index in [1.54, 1.807) is 28.8 Å². The highest BCUT2D eigenvalue weighted by molar-refractivity contribution is 7.89. The van der Waals surface area contributed by atoms with Crippen LogP contribution in [0.4, 0.5) is 0 Å². The molecule has 0 spiro atoms. The van der Waals surface area contributed by atoms with Crippen LogP contribution in [-0.2, 0) is 21.8 Å². The maximum absolute atomic E-state index is 12.8. The Bertz CT molecular complexity index is 960. The zero-order valence-corrected chi connectivity index (χ0v) is 18.2. The fourth-order valence-corrected chi connectivity index (χ4v) is 5.16. The van der Waals surface area contributed by atoms with Gasteiger partial charge >= 0.3 is 0 Å². The number of carbonyl (C=O) groups excluding carboxylic acids is 1. The summed E-state index contributed by atoms with van der Waals surface area (Å²) in [5, 5.41) is 3.70. The molecule has 1 fully saturated rings. The average Bonchev–Trinajstić information content (AvgIpc) is 3.05. The summed E-state index contributed by atoms with van der Waals surface area (Å²) < 4.78 is 34.1. The SMILES string of the molecule is CCN(CC)S(=O)(=O)c1ccc2c(c1)cc(C(=O)NCCN1CCOCC1)n2C. The second-order valence-corrected chi connectivity index (χ2v) is 9.05. The predicted molar refractivity (Wildman–Crippen MR) is 113 cm³/mol. The summed E-state index contributed by atoms with van der Waals surface area (Å²) in [5.74, 6) is -0.162. The highest BCUT2D eigenvalue weighted by atomic mass is 32.2. The molecule has 160 valence electrons. The molecule has 1 aromatic carbocycles. The van der Waals surface area contributed by atoms with Gasteiger partial charge in [0.25, 0.3) is 5.91 Å². The second-order valence-electron chi connectivity index (χ2n) is 7.11. The van der Waals surface area contributed by atoms with Crippen LogP contribution >= 0.6 is 0 Å². The molecule has 1 aliphatic heterocycles. The summed E-state index contributed by atoms with van der Waals surface area (Å²) in [6.45, 7) is 9.05. The lowest BCUT2D eigenvalue weighted by atomic mass is 10.2. The third kappa shape index (κ3) is 4.63. The molecule has 29 heavy (non-hydrogen) atoms. The molecule has 1 saturated heterocycles. The van der Waals surface area contributed by atoms with Crippen LogP contribution in [0.2, 0.25) is 0 Å². The Morgan fingerprint density at radius 1 is 1.17 bits per heavy atom. The molecule has 8 nitrogen and oxygen atoms in total. The van der Waals surface area contributed by atoms with Crippen molar-refractivity contribution in [1.82, 2.24) is 19.1 Å². The molecule has 1 aromatic heterocycles. The summed E-state index contributed by atoms with van der Waals surface area (Å²) in [6, 6.07) is 6.76. The highest BCUT2D eigenvalue weighted by Gasteiger charge is 2.23. The van der Waals surface area contributed by atoms with Crippen LogP contribution in [0.25, 0.3) is 10.9 Å². The summed E-state index contributed by atoms with van der Waals surface area (Å²) in [5.41, 5.74) is 1.33. The van der Waals surface area contributed by atoms with Crippen molar-refractivity contribution in [1.29, 1.82) is 0 Å². The van der Waals surface area contributed by atoms with Gasteiger partial charge in [0.05, 0.1) is 18.1 Å². The lowest BCUT2D eigenvalue weighted by molar-refractivity contribution is 0.0383. The molecule has 0 saturated carbocycles. The number of morpholine rings is 1. The van der Waals surface area contributed by atoms with E-state index in [1.807, 2.05) is 20.9 Å². The van der Waals surface area contributed by atoms with Gasteiger partial charge in [0.15, 0.2) is 0 Å². The molecule has 2 aromatic rings. The number of nitrogens with zero attached hydrogens (tertiary/aromatic N) is 3. The fraction of sp³-hybridized carbons (Fsp3) is 0.550. The molecule has 0 radical (unpaired) electrons. The Balaban J connectivity index is 1.75. The maximum atomic E-state index is 12.8. The monoisotopic (exact) mass is 422 g/mol. The Morgan fingerprint density at radius 3 is 2.52 bits per heavy atom. The van der Waals surface area contributed by atoms with Gasteiger partial charge in [-0.15, -0.1) is 0 Å². The molecule has 9 heteroatoms. The standard InChI is InChI=1S/C20H30N4O4S/c1-4-24(5-2)29(26,27)17-6-7-18-16(14-17)15-19(22(18)3)20(25)21-8-9-23-10-12-28-13-11-23/h6-7,14-15H,4-5,8-13H2,1-3H3,(H,21,25). The van der Waals surface area contributed by atoms with Crippen molar-refractivity contribution in [2.24, 2.45) is 7.05 Å². The second kappa shape index (κ2) is 9.25. The van der Waals surface area contributed by atoms with Gasteiger partial charge in [-0.3, -0.25) is 9.69 Å². The van der Waals surface area contributed by atoms with Crippen molar-refractivity contribution in [3.63, 3.8) is 0 Å². The first-order valence-corrected chi connectivity index (χ1v) is 11.5. The van der Waals surface area contributed by atoms with E-state index in [9.17, 15) is 13.2 Å². The fourth-order valence-electron chi connectivity index (χ4n) is 3.66. The van der Waals surface area contributed by atoms with E-state index in [2.05, 4.69) is 10.2 Å². The number of hydrogen-bond acceptors (Lipinski definition) is 5. The Hall–Kier alpha value is -1.94. The van der Waals surface area contributed by atoms with E-state index < -0.39 is 10.0 Å². The molecule has 0 aliphatic carbocycles. The first kappa shape index (κ1) is 21.8. The number of hydrogen-bond donors (Lipinski definition) is 1. The summed E-state index contributed by atoms with van der Waals surface area (Å²) in [6.07, 6.45) is 0. The zero-order valence-electron chi connectivity index (χ0n) is 17.3. The largest absolute Gasteiger partial charge is 0.379 e. The van der Waals surface area contributed by atoms with Gasteiger partial charge in [-0.1, -0.05) is 13.8 Å². The van der Waals surface area contributed by atoms with E-state index in [1.165, 1.54) is 4.31 Å². The predicted octanol–water partition coefficient (Wildman–Crippen LogP) is 1.27. The van der Waals surface area contributed by atoms with Crippen molar-refractivity contribution < 1.29 is 17.9 Å².